The predicted molar refractivity (Wildman–Crippen MR) is 79.2 cm³/mol. The molecule has 1 saturated heterocycles. The summed E-state index contributed by atoms with van der Waals surface area (Å²) in [5.41, 5.74) is 0. The number of nitrogens with zero attached hydrogens (tertiary/aromatic N) is 1. The van der Waals surface area contributed by atoms with E-state index in [1.807, 2.05) is 0 Å². The molecule has 1 aliphatic heterocycles. The van der Waals surface area contributed by atoms with Crippen molar-refractivity contribution in [2.75, 3.05) is 37.7 Å². The van der Waals surface area contributed by atoms with Gasteiger partial charge in [0.25, 0.3) is 0 Å². The third-order valence-corrected chi connectivity index (χ3v) is 6.05. The maximum absolute atomic E-state index is 11.5. The van der Waals surface area contributed by atoms with E-state index < -0.39 is 9.84 Å². The first-order valence-electron chi connectivity index (χ1n) is 7.82. The van der Waals surface area contributed by atoms with Gasteiger partial charge in [-0.05, 0) is 45.3 Å². The average molecular weight is 288 g/mol. The molecular weight excluding hydrogens is 260 g/mol. The molecule has 1 heterocycles. The van der Waals surface area contributed by atoms with E-state index in [2.05, 4.69) is 10.2 Å². The minimum atomic E-state index is -2.76. The molecule has 112 valence electrons. The van der Waals surface area contributed by atoms with Gasteiger partial charge in [0, 0.05) is 12.6 Å². The molecule has 1 aliphatic carbocycles. The lowest BCUT2D eigenvalue weighted by atomic mass is 9.95. The van der Waals surface area contributed by atoms with Gasteiger partial charge in [-0.2, -0.15) is 0 Å². The van der Waals surface area contributed by atoms with Gasteiger partial charge in [0.1, 0.15) is 0 Å². The molecule has 19 heavy (non-hydrogen) atoms. The second-order valence-electron chi connectivity index (χ2n) is 5.99. The first-order valence-corrected chi connectivity index (χ1v) is 9.64. The molecule has 1 saturated carbocycles. The van der Waals surface area contributed by atoms with E-state index in [0.29, 0.717) is 11.5 Å². The van der Waals surface area contributed by atoms with E-state index in [9.17, 15) is 8.42 Å². The van der Waals surface area contributed by atoms with Crippen molar-refractivity contribution in [1.82, 2.24) is 10.2 Å². The topological polar surface area (TPSA) is 49.4 Å². The highest BCUT2D eigenvalue weighted by atomic mass is 32.2. The summed E-state index contributed by atoms with van der Waals surface area (Å²) in [5.74, 6) is 0.729. The van der Waals surface area contributed by atoms with Crippen LogP contribution in [-0.2, 0) is 9.84 Å². The van der Waals surface area contributed by atoms with E-state index in [1.165, 1.54) is 32.1 Å². The second kappa shape index (κ2) is 7.60. The fourth-order valence-electron chi connectivity index (χ4n) is 3.13. The third kappa shape index (κ3) is 5.79. The van der Waals surface area contributed by atoms with Crippen molar-refractivity contribution >= 4 is 9.84 Å². The molecule has 0 unspecified atom stereocenters. The Morgan fingerprint density at radius 3 is 2.58 bits per heavy atom. The van der Waals surface area contributed by atoms with Crippen LogP contribution in [0.2, 0.25) is 0 Å². The van der Waals surface area contributed by atoms with Gasteiger partial charge in [0.2, 0.25) is 0 Å². The van der Waals surface area contributed by atoms with Crippen LogP contribution in [0.4, 0.5) is 0 Å². The average Bonchev–Trinajstić information content (AvgIpc) is 2.57. The first-order chi connectivity index (χ1) is 9.16. The summed E-state index contributed by atoms with van der Waals surface area (Å²) in [5, 5.41) is 3.65. The van der Waals surface area contributed by atoms with E-state index >= 15 is 0 Å². The Bertz CT molecular complexity index is 350. The maximum atomic E-state index is 11.5. The minimum absolute atomic E-state index is 0.350. The van der Waals surface area contributed by atoms with Gasteiger partial charge in [-0.15, -0.1) is 0 Å². The zero-order valence-electron chi connectivity index (χ0n) is 11.9. The Morgan fingerprint density at radius 1 is 1.00 bits per heavy atom. The molecule has 5 heteroatoms. The van der Waals surface area contributed by atoms with Crippen molar-refractivity contribution in [2.45, 2.75) is 51.0 Å². The highest BCUT2D eigenvalue weighted by Crippen LogP contribution is 2.17. The Balaban J connectivity index is 1.57. The summed E-state index contributed by atoms with van der Waals surface area (Å²) >= 11 is 0. The maximum Gasteiger partial charge on any atom is 0.151 e. The Hall–Kier alpha value is -0.130. The fraction of sp³-hybridized carbons (Fsp3) is 1.00. The number of rotatable bonds is 5. The van der Waals surface area contributed by atoms with Crippen LogP contribution in [-0.4, -0.2) is 57.0 Å². The van der Waals surface area contributed by atoms with Crippen LogP contribution in [0.3, 0.4) is 0 Å². The van der Waals surface area contributed by atoms with Gasteiger partial charge in [0.05, 0.1) is 11.5 Å². The fourth-order valence-corrected chi connectivity index (χ4v) is 4.44. The lowest BCUT2D eigenvalue weighted by molar-refractivity contribution is 0.283. The Kier molecular flexibility index (Phi) is 6.10. The Morgan fingerprint density at radius 2 is 1.79 bits per heavy atom. The molecule has 0 aromatic carbocycles. The SMILES string of the molecule is O=S1(=O)CCCN(CCCNC2CCCCC2)CC1. The normalized spacial score (nSPS) is 26.1. The molecule has 0 bridgehead atoms. The van der Waals surface area contributed by atoms with Crippen LogP contribution in [0.5, 0.6) is 0 Å². The highest BCUT2D eigenvalue weighted by Gasteiger charge is 2.18. The molecule has 0 atom stereocenters. The van der Waals surface area contributed by atoms with Crippen molar-refractivity contribution in [3.8, 4) is 0 Å². The van der Waals surface area contributed by atoms with E-state index in [-0.39, 0.29) is 0 Å². The van der Waals surface area contributed by atoms with Gasteiger partial charge >= 0.3 is 0 Å². The van der Waals surface area contributed by atoms with Gasteiger partial charge in [0.15, 0.2) is 9.84 Å². The molecule has 0 amide bonds. The first kappa shape index (κ1) is 15.3. The predicted octanol–water partition coefficient (Wildman–Crippen LogP) is 1.42. The van der Waals surface area contributed by atoms with Crippen LogP contribution in [0, 0.1) is 0 Å². The monoisotopic (exact) mass is 288 g/mol. The largest absolute Gasteiger partial charge is 0.314 e. The summed E-state index contributed by atoms with van der Waals surface area (Å²) in [4.78, 5) is 2.31. The van der Waals surface area contributed by atoms with Gasteiger partial charge in [-0.25, -0.2) is 8.42 Å². The van der Waals surface area contributed by atoms with Crippen LogP contribution in [0.15, 0.2) is 0 Å². The number of hydrogen-bond donors (Lipinski definition) is 1. The standard InChI is InChI=1S/C14H28N2O2S/c17-19(18)12-5-10-16(11-13-19)9-4-8-15-14-6-2-1-3-7-14/h14-15H,1-13H2. The quantitative estimate of drug-likeness (QED) is 0.777. The zero-order chi connectivity index (χ0) is 13.6. The van der Waals surface area contributed by atoms with Crippen molar-refractivity contribution in [3.05, 3.63) is 0 Å². The number of hydrogen-bond acceptors (Lipinski definition) is 4. The summed E-state index contributed by atoms with van der Waals surface area (Å²) in [6, 6.07) is 0.735. The second-order valence-corrected chi connectivity index (χ2v) is 8.29. The van der Waals surface area contributed by atoms with E-state index in [1.54, 1.807) is 0 Å². The molecule has 0 aromatic heterocycles. The van der Waals surface area contributed by atoms with Crippen molar-refractivity contribution < 1.29 is 8.42 Å². The molecule has 0 radical (unpaired) electrons. The van der Waals surface area contributed by atoms with Crippen molar-refractivity contribution in [1.29, 1.82) is 0 Å². The van der Waals surface area contributed by atoms with Crippen LogP contribution < -0.4 is 5.32 Å². The van der Waals surface area contributed by atoms with E-state index in [0.717, 1.165) is 45.1 Å². The molecule has 2 fully saturated rings. The van der Waals surface area contributed by atoms with Gasteiger partial charge in [-0.1, -0.05) is 19.3 Å². The molecule has 2 rings (SSSR count). The lowest BCUT2D eigenvalue weighted by Crippen LogP contribution is -2.34. The number of nitrogens with one attached hydrogen (secondary N) is 1. The van der Waals surface area contributed by atoms with Crippen LogP contribution >= 0.6 is 0 Å². The molecule has 4 nitrogen and oxygen atoms in total. The minimum Gasteiger partial charge on any atom is -0.314 e. The van der Waals surface area contributed by atoms with Gasteiger partial charge in [-0.3, -0.25) is 0 Å². The molecule has 0 spiro atoms. The lowest BCUT2D eigenvalue weighted by Gasteiger charge is -2.24. The smallest absolute Gasteiger partial charge is 0.151 e. The molecule has 0 aromatic rings. The van der Waals surface area contributed by atoms with Crippen LogP contribution in [0.25, 0.3) is 0 Å². The summed E-state index contributed by atoms with van der Waals surface area (Å²) < 4.78 is 23.0. The molecule has 1 N–H and O–H groups in total. The number of sulfone groups is 1. The van der Waals surface area contributed by atoms with Gasteiger partial charge < -0.3 is 10.2 Å². The van der Waals surface area contributed by atoms with Crippen LogP contribution in [0.1, 0.15) is 44.9 Å². The Labute approximate surface area is 117 Å². The molecule has 2 aliphatic rings. The zero-order valence-corrected chi connectivity index (χ0v) is 12.8. The summed E-state index contributed by atoms with van der Waals surface area (Å²) in [6.07, 6.45) is 8.77. The summed E-state index contributed by atoms with van der Waals surface area (Å²) in [7, 11) is -2.76. The third-order valence-electron chi connectivity index (χ3n) is 4.34. The summed E-state index contributed by atoms with van der Waals surface area (Å²) in [6.45, 7) is 3.79. The van der Waals surface area contributed by atoms with Crippen molar-refractivity contribution in [2.24, 2.45) is 0 Å². The van der Waals surface area contributed by atoms with E-state index in [4.69, 9.17) is 0 Å². The molecular formula is C14H28N2O2S. The van der Waals surface area contributed by atoms with Crippen molar-refractivity contribution in [3.63, 3.8) is 0 Å². The highest BCUT2D eigenvalue weighted by molar-refractivity contribution is 7.91.